The molecule has 6 aromatic heterocycles. The van der Waals surface area contributed by atoms with Crippen molar-refractivity contribution in [1.82, 2.24) is 33.3 Å². The van der Waals surface area contributed by atoms with E-state index in [2.05, 4.69) is 46.5 Å². The predicted molar refractivity (Wildman–Crippen MR) is 193 cm³/mol. The average Bonchev–Trinajstić information content (AvgIpc) is 3.88. The Morgan fingerprint density at radius 1 is 0.732 bits per heavy atom. The van der Waals surface area contributed by atoms with Crippen LogP contribution in [0.15, 0.2) is 79.8 Å². The van der Waals surface area contributed by atoms with Crippen LogP contribution in [0.3, 0.4) is 0 Å². The molecule has 3 N–H and O–H groups in total. The lowest BCUT2D eigenvalue weighted by molar-refractivity contribution is -0.137. The third-order valence-electron chi connectivity index (χ3n) is 8.70. The van der Waals surface area contributed by atoms with E-state index in [-0.39, 0.29) is 41.7 Å². The van der Waals surface area contributed by atoms with Crippen LogP contribution in [0.1, 0.15) is 32.1 Å². The number of pyridine rings is 2. The monoisotopic (exact) mass is 934 g/mol. The maximum atomic E-state index is 13.6. The molecule has 2 fully saturated rings. The minimum absolute atomic E-state index is 0.0482. The number of likely N-dealkylation sites (tertiary alicyclic amines) is 2. The maximum absolute atomic E-state index is 13.6. The molecule has 0 aliphatic carbocycles. The number of carbonyl (C=O) groups is 2. The summed E-state index contributed by atoms with van der Waals surface area (Å²) < 4.78 is 120. The summed E-state index contributed by atoms with van der Waals surface area (Å²) in [6.07, 6.45) is -0.219. The molecule has 8 heterocycles. The van der Waals surface area contributed by atoms with Crippen molar-refractivity contribution in [2.24, 2.45) is 5.73 Å². The number of alkyl halides is 6. The van der Waals surface area contributed by atoms with Crippen LogP contribution >= 0.6 is 31.9 Å². The van der Waals surface area contributed by atoms with E-state index < -0.39 is 57.0 Å². The van der Waals surface area contributed by atoms with E-state index in [0.29, 0.717) is 39.1 Å². The Morgan fingerprint density at radius 3 is 1.48 bits per heavy atom. The van der Waals surface area contributed by atoms with Crippen molar-refractivity contribution in [3.05, 3.63) is 93.4 Å². The molecule has 2 aliphatic rings. The summed E-state index contributed by atoms with van der Waals surface area (Å²) in [5, 5.41) is 0. The Bertz CT molecular complexity index is 2610. The van der Waals surface area contributed by atoms with Gasteiger partial charge in [0.05, 0.1) is 36.0 Å². The minimum atomic E-state index is -4.69. The molecule has 8 rings (SSSR count). The summed E-state index contributed by atoms with van der Waals surface area (Å²) >= 11 is 6.24. The number of nitrogens with two attached hydrogens (primary N) is 1. The predicted octanol–water partition coefficient (Wildman–Crippen LogP) is 5.91. The number of imidazole rings is 2. The minimum Gasteiger partial charge on any atom is -0.457 e. The summed E-state index contributed by atoms with van der Waals surface area (Å²) in [6.45, 7) is 0.959. The van der Waals surface area contributed by atoms with E-state index in [1.54, 1.807) is 6.07 Å². The Balaban J connectivity index is 0.000000173. The molecule has 0 bridgehead atoms. The molecule has 0 atom stereocenters. The summed E-state index contributed by atoms with van der Waals surface area (Å²) in [7, 11) is -3.41. The SMILES string of the molecule is CS(=O)(=O)NC1CN(C(=O)c2cn3cc(-c4coc(Br)c4)cc(C(F)(F)F)c3n2)C1.NC1CN(C(=O)c2cn3cc(-c4coc(Br)c4)cc(C(F)(F)F)c3n2)C1. The van der Waals surface area contributed by atoms with Crippen molar-refractivity contribution in [3.8, 4) is 22.3 Å². The molecule has 0 spiro atoms. The molecule has 296 valence electrons. The molecular formula is C33H26Br2F6N8O6S. The lowest BCUT2D eigenvalue weighted by Crippen LogP contribution is -2.60. The zero-order valence-electron chi connectivity index (χ0n) is 28.4. The van der Waals surface area contributed by atoms with E-state index in [1.165, 1.54) is 57.6 Å². The highest BCUT2D eigenvalue weighted by atomic mass is 79.9. The summed E-state index contributed by atoms with van der Waals surface area (Å²) in [4.78, 5) is 35.5. The van der Waals surface area contributed by atoms with Crippen LogP contribution in [0, 0.1) is 0 Å². The Morgan fingerprint density at radius 2 is 1.14 bits per heavy atom. The van der Waals surface area contributed by atoms with Gasteiger partial charge in [0.25, 0.3) is 11.8 Å². The molecule has 2 aliphatic heterocycles. The molecule has 0 radical (unpaired) electrons. The van der Waals surface area contributed by atoms with Gasteiger partial charge in [0.15, 0.2) is 9.34 Å². The van der Waals surface area contributed by atoms with Crippen LogP contribution in [0.2, 0.25) is 0 Å². The van der Waals surface area contributed by atoms with Gasteiger partial charge < -0.3 is 33.2 Å². The number of amides is 2. The highest BCUT2D eigenvalue weighted by Crippen LogP contribution is 2.38. The smallest absolute Gasteiger partial charge is 0.420 e. The molecule has 14 nitrogen and oxygen atoms in total. The molecular weight excluding hydrogens is 910 g/mol. The number of fused-ring (bicyclic) bond motifs is 2. The van der Waals surface area contributed by atoms with Crippen LogP contribution in [-0.4, -0.2) is 93.3 Å². The lowest BCUT2D eigenvalue weighted by atomic mass is 10.1. The molecule has 0 aromatic carbocycles. The van der Waals surface area contributed by atoms with Crippen molar-refractivity contribution in [2.75, 3.05) is 32.4 Å². The second kappa shape index (κ2) is 14.3. The van der Waals surface area contributed by atoms with Crippen LogP contribution in [-0.2, 0) is 22.4 Å². The number of hydrogen-bond donors (Lipinski definition) is 2. The van der Waals surface area contributed by atoms with Gasteiger partial charge >= 0.3 is 12.4 Å². The first-order valence-electron chi connectivity index (χ1n) is 16.1. The van der Waals surface area contributed by atoms with Gasteiger partial charge in [-0.3, -0.25) is 9.59 Å². The Hall–Kier alpha value is -4.71. The summed E-state index contributed by atoms with van der Waals surface area (Å²) in [6, 6.07) is 4.49. The topological polar surface area (TPSA) is 174 Å². The van der Waals surface area contributed by atoms with Gasteiger partial charge in [-0.2, -0.15) is 26.3 Å². The first-order valence-corrected chi connectivity index (χ1v) is 19.6. The van der Waals surface area contributed by atoms with Crippen molar-refractivity contribution in [1.29, 1.82) is 0 Å². The van der Waals surface area contributed by atoms with Crippen LogP contribution in [0.25, 0.3) is 33.5 Å². The number of nitrogens with one attached hydrogen (secondary N) is 1. The second-order valence-electron chi connectivity index (χ2n) is 13.0. The third-order valence-corrected chi connectivity index (χ3v) is 10.3. The van der Waals surface area contributed by atoms with Gasteiger partial charge in [-0.25, -0.2) is 23.1 Å². The van der Waals surface area contributed by atoms with E-state index in [4.69, 9.17) is 14.6 Å². The number of furan rings is 2. The normalized spacial score (nSPS) is 15.5. The third kappa shape index (κ3) is 8.21. The van der Waals surface area contributed by atoms with Crippen LogP contribution in [0.4, 0.5) is 26.3 Å². The highest BCUT2D eigenvalue weighted by Gasteiger charge is 2.38. The van der Waals surface area contributed by atoms with E-state index in [9.17, 15) is 44.3 Å². The number of rotatable bonds is 6. The fourth-order valence-electron chi connectivity index (χ4n) is 6.08. The molecule has 2 amide bonds. The molecule has 23 heteroatoms. The quantitative estimate of drug-likeness (QED) is 0.193. The fourth-order valence-corrected chi connectivity index (χ4v) is 7.52. The average molecular weight is 936 g/mol. The van der Waals surface area contributed by atoms with Gasteiger partial charge in [-0.1, -0.05) is 0 Å². The number of sulfonamides is 1. The first kappa shape index (κ1) is 39.5. The zero-order chi connectivity index (χ0) is 40.5. The highest BCUT2D eigenvalue weighted by molar-refractivity contribution is 9.10. The molecule has 2 saturated heterocycles. The van der Waals surface area contributed by atoms with Gasteiger partial charge in [-0.15, -0.1) is 0 Å². The number of halogens is 8. The maximum Gasteiger partial charge on any atom is 0.420 e. The molecule has 56 heavy (non-hydrogen) atoms. The van der Waals surface area contributed by atoms with E-state index in [0.717, 1.165) is 22.8 Å². The van der Waals surface area contributed by atoms with Crippen molar-refractivity contribution >= 4 is 65.0 Å². The van der Waals surface area contributed by atoms with E-state index in [1.807, 2.05) is 0 Å². The molecule has 0 saturated carbocycles. The van der Waals surface area contributed by atoms with Crippen LogP contribution in [0.5, 0.6) is 0 Å². The number of aromatic nitrogens is 4. The van der Waals surface area contributed by atoms with Gasteiger partial charge in [-0.05, 0) is 56.1 Å². The second-order valence-corrected chi connectivity index (χ2v) is 16.4. The number of carbonyl (C=O) groups excluding carboxylic acids is 2. The van der Waals surface area contributed by atoms with Gasteiger partial charge in [0.1, 0.15) is 22.7 Å². The molecule has 0 unspecified atom stereocenters. The zero-order valence-corrected chi connectivity index (χ0v) is 32.4. The number of nitrogens with zero attached hydrogens (tertiary/aromatic N) is 6. The molecule has 6 aromatic rings. The summed E-state index contributed by atoms with van der Waals surface area (Å²) in [5.74, 6) is -1.01. The van der Waals surface area contributed by atoms with Gasteiger partial charge in [0, 0.05) is 79.3 Å². The van der Waals surface area contributed by atoms with Crippen molar-refractivity contribution < 1.29 is 53.2 Å². The lowest BCUT2D eigenvalue weighted by Gasteiger charge is -2.38. The van der Waals surface area contributed by atoms with Gasteiger partial charge in [0.2, 0.25) is 10.0 Å². The first-order chi connectivity index (χ1) is 26.1. The number of hydrogen-bond acceptors (Lipinski definition) is 9. The van der Waals surface area contributed by atoms with Crippen LogP contribution < -0.4 is 10.5 Å². The standard InChI is InChI=1S/C17H14BrF3N4O4S.C16H12BrF3N4O2/c1-30(27,28)23-11-5-25(6-11)16(26)13-7-24-4-9(10-3-14(18)29-8-10)2-12(15(24)22-13)17(19,20)21;17-13-2-9(7-26-13)8-1-11(16(18,19)20)14-22-12(6-23(14)3-8)15(25)24-4-10(21)5-24/h2-4,7-8,11,23H,5-6H2,1H3;1-3,6-7,10H,4-5,21H2. The Kier molecular flexibility index (Phi) is 10.1. The Labute approximate surface area is 328 Å². The largest absolute Gasteiger partial charge is 0.457 e. The fraction of sp³-hybridized carbons (Fsp3) is 0.273. The van der Waals surface area contributed by atoms with Crippen molar-refractivity contribution in [3.63, 3.8) is 0 Å². The summed E-state index contributed by atoms with van der Waals surface area (Å²) in [5.41, 5.74) is 4.23. The van der Waals surface area contributed by atoms with E-state index >= 15 is 0 Å². The van der Waals surface area contributed by atoms with Crippen molar-refractivity contribution in [2.45, 2.75) is 24.4 Å².